The van der Waals surface area contributed by atoms with Crippen molar-refractivity contribution < 1.29 is 17.7 Å². The standard InChI is InChI=1S/C8H15N3O4S/c1-14-4-3-9-5-8-10-7(11-15-8)6-16(2,12)13/h9H,3-6H2,1-2H3. The molecule has 0 fully saturated rings. The van der Waals surface area contributed by atoms with Gasteiger partial charge >= 0.3 is 0 Å². The van der Waals surface area contributed by atoms with Crippen LogP contribution in [0.25, 0.3) is 0 Å². The third kappa shape index (κ3) is 5.19. The molecule has 0 unspecified atom stereocenters. The minimum absolute atomic E-state index is 0.186. The average Bonchev–Trinajstić information content (AvgIpc) is 2.58. The molecule has 0 aromatic carbocycles. The lowest BCUT2D eigenvalue weighted by molar-refractivity contribution is 0.197. The van der Waals surface area contributed by atoms with Crippen molar-refractivity contribution in [2.75, 3.05) is 26.5 Å². The highest BCUT2D eigenvalue weighted by molar-refractivity contribution is 7.89. The molecule has 1 heterocycles. The lowest BCUT2D eigenvalue weighted by atomic mass is 10.6. The first-order valence-corrected chi connectivity index (χ1v) is 6.76. The van der Waals surface area contributed by atoms with E-state index in [0.29, 0.717) is 25.6 Å². The highest BCUT2D eigenvalue weighted by Crippen LogP contribution is 2.01. The molecule has 0 radical (unpaired) electrons. The molecule has 16 heavy (non-hydrogen) atoms. The van der Waals surface area contributed by atoms with Crippen LogP contribution in [0, 0.1) is 0 Å². The van der Waals surface area contributed by atoms with Crippen molar-refractivity contribution in [1.82, 2.24) is 15.5 Å². The maximum atomic E-state index is 11.0. The molecular weight excluding hydrogens is 234 g/mol. The van der Waals surface area contributed by atoms with Gasteiger partial charge < -0.3 is 14.6 Å². The Bertz CT molecular complexity index is 415. The number of rotatable bonds is 7. The number of nitrogens with zero attached hydrogens (tertiary/aromatic N) is 2. The van der Waals surface area contributed by atoms with Gasteiger partial charge in [0.1, 0.15) is 5.75 Å². The van der Waals surface area contributed by atoms with Gasteiger partial charge in [0, 0.05) is 19.9 Å². The van der Waals surface area contributed by atoms with E-state index in [4.69, 9.17) is 9.26 Å². The molecule has 0 saturated heterocycles. The Balaban J connectivity index is 2.40. The van der Waals surface area contributed by atoms with Crippen LogP contribution in [-0.4, -0.2) is 45.1 Å². The van der Waals surface area contributed by atoms with Gasteiger partial charge in [-0.05, 0) is 0 Å². The van der Waals surface area contributed by atoms with Crippen LogP contribution < -0.4 is 5.32 Å². The zero-order valence-electron chi connectivity index (χ0n) is 9.26. The SMILES string of the molecule is COCCNCc1nc(CS(C)(=O)=O)no1. The minimum Gasteiger partial charge on any atom is -0.383 e. The largest absolute Gasteiger partial charge is 0.383 e. The van der Waals surface area contributed by atoms with Crippen LogP contribution in [0.3, 0.4) is 0 Å². The summed E-state index contributed by atoms with van der Waals surface area (Å²) in [5.74, 6) is 0.356. The smallest absolute Gasteiger partial charge is 0.240 e. The molecule has 0 saturated carbocycles. The Labute approximate surface area is 94.1 Å². The van der Waals surface area contributed by atoms with Crippen molar-refractivity contribution in [3.63, 3.8) is 0 Å². The molecule has 1 N–H and O–H groups in total. The summed E-state index contributed by atoms with van der Waals surface area (Å²) in [7, 11) is -1.51. The van der Waals surface area contributed by atoms with Crippen LogP contribution >= 0.6 is 0 Å². The van der Waals surface area contributed by atoms with E-state index in [9.17, 15) is 8.42 Å². The fourth-order valence-electron chi connectivity index (χ4n) is 1.02. The lowest BCUT2D eigenvalue weighted by Gasteiger charge is -1.98. The summed E-state index contributed by atoms with van der Waals surface area (Å²) >= 11 is 0. The van der Waals surface area contributed by atoms with Gasteiger partial charge in [-0.2, -0.15) is 4.98 Å². The van der Waals surface area contributed by atoms with E-state index in [1.807, 2.05) is 0 Å². The Kier molecular flexibility index (Phi) is 4.84. The summed E-state index contributed by atoms with van der Waals surface area (Å²) in [4.78, 5) is 3.93. The van der Waals surface area contributed by atoms with Gasteiger partial charge in [0.2, 0.25) is 5.89 Å². The number of aromatic nitrogens is 2. The van der Waals surface area contributed by atoms with E-state index in [-0.39, 0.29) is 11.6 Å². The van der Waals surface area contributed by atoms with Crippen molar-refractivity contribution >= 4 is 9.84 Å². The van der Waals surface area contributed by atoms with Crippen molar-refractivity contribution in [2.45, 2.75) is 12.3 Å². The minimum atomic E-state index is -3.12. The molecule has 1 rings (SSSR count). The van der Waals surface area contributed by atoms with Crippen molar-refractivity contribution in [3.05, 3.63) is 11.7 Å². The first kappa shape index (κ1) is 13.1. The van der Waals surface area contributed by atoms with Gasteiger partial charge in [-0.3, -0.25) is 0 Å². The second-order valence-corrected chi connectivity index (χ2v) is 5.48. The van der Waals surface area contributed by atoms with Crippen LogP contribution in [0.5, 0.6) is 0 Å². The average molecular weight is 249 g/mol. The molecule has 7 nitrogen and oxygen atoms in total. The molecule has 0 aliphatic rings. The third-order valence-corrected chi connectivity index (χ3v) is 2.44. The zero-order valence-corrected chi connectivity index (χ0v) is 10.1. The number of hydrogen-bond acceptors (Lipinski definition) is 7. The van der Waals surface area contributed by atoms with Crippen molar-refractivity contribution in [1.29, 1.82) is 0 Å². The van der Waals surface area contributed by atoms with Gasteiger partial charge in [-0.1, -0.05) is 5.16 Å². The first-order valence-electron chi connectivity index (χ1n) is 4.70. The quantitative estimate of drug-likeness (QED) is 0.642. The Morgan fingerprint density at radius 1 is 1.50 bits per heavy atom. The van der Waals surface area contributed by atoms with E-state index < -0.39 is 9.84 Å². The summed E-state index contributed by atoms with van der Waals surface area (Å²) in [5, 5.41) is 6.57. The molecule has 0 spiro atoms. The van der Waals surface area contributed by atoms with E-state index in [0.717, 1.165) is 6.26 Å². The summed E-state index contributed by atoms with van der Waals surface area (Å²) in [5.41, 5.74) is 0. The molecule has 0 aliphatic carbocycles. The number of ether oxygens (including phenoxy) is 1. The number of nitrogens with one attached hydrogen (secondary N) is 1. The van der Waals surface area contributed by atoms with E-state index in [1.165, 1.54) is 0 Å². The second-order valence-electron chi connectivity index (χ2n) is 3.34. The van der Waals surface area contributed by atoms with Gasteiger partial charge in [0.15, 0.2) is 15.7 Å². The van der Waals surface area contributed by atoms with Crippen LogP contribution in [-0.2, 0) is 26.9 Å². The molecule has 0 atom stereocenters. The number of hydrogen-bond donors (Lipinski definition) is 1. The third-order valence-electron chi connectivity index (χ3n) is 1.66. The molecule has 0 amide bonds. The molecule has 92 valence electrons. The van der Waals surface area contributed by atoms with E-state index >= 15 is 0 Å². The predicted molar refractivity (Wildman–Crippen MR) is 56.4 cm³/mol. The van der Waals surface area contributed by atoms with Gasteiger partial charge in [0.25, 0.3) is 0 Å². The molecule has 0 bridgehead atoms. The Morgan fingerprint density at radius 2 is 2.25 bits per heavy atom. The summed E-state index contributed by atoms with van der Waals surface area (Å²) in [6, 6.07) is 0. The van der Waals surface area contributed by atoms with Crippen molar-refractivity contribution in [3.8, 4) is 0 Å². The molecular formula is C8H15N3O4S. The predicted octanol–water partition coefficient (Wildman–Crippen LogP) is -0.650. The topological polar surface area (TPSA) is 94.3 Å². The second kappa shape index (κ2) is 5.92. The van der Waals surface area contributed by atoms with E-state index in [1.54, 1.807) is 7.11 Å². The Hall–Kier alpha value is -0.990. The fourth-order valence-corrected chi connectivity index (χ4v) is 1.61. The van der Waals surface area contributed by atoms with Gasteiger partial charge in [-0.25, -0.2) is 8.42 Å². The van der Waals surface area contributed by atoms with Crippen LogP contribution in [0.2, 0.25) is 0 Å². The maximum Gasteiger partial charge on any atom is 0.240 e. The fraction of sp³-hybridized carbons (Fsp3) is 0.750. The number of sulfone groups is 1. The highest BCUT2D eigenvalue weighted by Gasteiger charge is 2.11. The maximum absolute atomic E-state index is 11.0. The Morgan fingerprint density at radius 3 is 2.88 bits per heavy atom. The van der Waals surface area contributed by atoms with Gasteiger partial charge in [0.05, 0.1) is 13.2 Å². The highest BCUT2D eigenvalue weighted by atomic mass is 32.2. The van der Waals surface area contributed by atoms with Crippen LogP contribution in [0.4, 0.5) is 0 Å². The van der Waals surface area contributed by atoms with Crippen LogP contribution in [0.1, 0.15) is 11.7 Å². The summed E-state index contributed by atoms with van der Waals surface area (Å²) in [6.45, 7) is 1.66. The summed E-state index contributed by atoms with van der Waals surface area (Å²) in [6.07, 6.45) is 1.12. The molecule has 1 aromatic rings. The first-order chi connectivity index (χ1) is 7.51. The zero-order chi connectivity index (χ0) is 12.0. The number of methoxy groups -OCH3 is 1. The van der Waals surface area contributed by atoms with E-state index in [2.05, 4.69) is 15.5 Å². The molecule has 1 aromatic heterocycles. The monoisotopic (exact) mass is 249 g/mol. The lowest BCUT2D eigenvalue weighted by Crippen LogP contribution is -2.18. The van der Waals surface area contributed by atoms with Crippen molar-refractivity contribution in [2.24, 2.45) is 0 Å². The molecule has 8 heteroatoms. The normalized spacial score (nSPS) is 11.9. The summed E-state index contributed by atoms with van der Waals surface area (Å²) < 4.78 is 31.6. The van der Waals surface area contributed by atoms with Gasteiger partial charge in [-0.15, -0.1) is 0 Å². The molecule has 0 aliphatic heterocycles. The van der Waals surface area contributed by atoms with Crippen LogP contribution in [0.15, 0.2) is 4.52 Å².